The summed E-state index contributed by atoms with van der Waals surface area (Å²) in [7, 11) is 0. The van der Waals surface area contributed by atoms with Gasteiger partial charge in [0.2, 0.25) is 0 Å². The van der Waals surface area contributed by atoms with E-state index < -0.39 is 0 Å². The Labute approximate surface area is 98.8 Å². The van der Waals surface area contributed by atoms with Gasteiger partial charge in [-0.05, 0) is 49.9 Å². The maximum absolute atomic E-state index is 9.93. The summed E-state index contributed by atoms with van der Waals surface area (Å²) in [5.41, 5.74) is 0. The van der Waals surface area contributed by atoms with Gasteiger partial charge in [0.25, 0.3) is 0 Å². The zero-order chi connectivity index (χ0) is 11.0. The molecule has 0 radical (unpaired) electrons. The lowest BCUT2D eigenvalue weighted by atomic mass is 9.86. The second-order valence-corrected chi connectivity index (χ2v) is 6.30. The second kappa shape index (κ2) is 4.66. The van der Waals surface area contributed by atoms with Crippen molar-refractivity contribution in [3.05, 3.63) is 0 Å². The third-order valence-electron chi connectivity index (χ3n) is 5.25. The average molecular weight is 223 g/mol. The van der Waals surface area contributed by atoms with Gasteiger partial charge in [-0.25, -0.2) is 0 Å². The molecule has 2 N–H and O–H groups in total. The number of hydrogen-bond donors (Lipinski definition) is 2. The van der Waals surface area contributed by atoms with Crippen LogP contribution in [0.1, 0.15) is 51.4 Å². The van der Waals surface area contributed by atoms with Crippen molar-refractivity contribution in [2.75, 3.05) is 6.54 Å². The molecule has 16 heavy (non-hydrogen) atoms. The van der Waals surface area contributed by atoms with Crippen LogP contribution in [0.15, 0.2) is 0 Å². The molecule has 0 saturated heterocycles. The molecule has 2 heteroatoms. The van der Waals surface area contributed by atoms with Gasteiger partial charge in [-0.1, -0.05) is 19.3 Å². The first-order valence-electron chi connectivity index (χ1n) is 7.24. The molecule has 0 heterocycles. The van der Waals surface area contributed by atoms with Gasteiger partial charge in [0, 0.05) is 12.6 Å². The van der Waals surface area contributed by atoms with Crippen molar-refractivity contribution in [2.24, 2.45) is 17.8 Å². The van der Waals surface area contributed by atoms with Gasteiger partial charge in [-0.3, -0.25) is 0 Å². The maximum Gasteiger partial charge on any atom is 0.0580 e. The molecular weight excluding hydrogens is 198 g/mol. The van der Waals surface area contributed by atoms with Gasteiger partial charge in [0.05, 0.1) is 6.10 Å². The van der Waals surface area contributed by atoms with Gasteiger partial charge < -0.3 is 10.4 Å². The topological polar surface area (TPSA) is 32.3 Å². The fourth-order valence-electron chi connectivity index (χ4n) is 4.22. The van der Waals surface area contributed by atoms with Crippen molar-refractivity contribution in [3.8, 4) is 0 Å². The first-order chi connectivity index (χ1) is 7.83. The Balaban J connectivity index is 1.45. The number of hydrogen-bond acceptors (Lipinski definition) is 2. The van der Waals surface area contributed by atoms with Crippen molar-refractivity contribution in [1.29, 1.82) is 0 Å². The Morgan fingerprint density at radius 1 is 1.00 bits per heavy atom. The van der Waals surface area contributed by atoms with Crippen LogP contribution in [0.3, 0.4) is 0 Å². The van der Waals surface area contributed by atoms with E-state index in [2.05, 4.69) is 5.32 Å². The minimum atomic E-state index is -0.0279. The third kappa shape index (κ3) is 2.14. The third-order valence-corrected chi connectivity index (χ3v) is 5.25. The molecule has 0 aromatic carbocycles. The zero-order valence-electron chi connectivity index (χ0n) is 10.2. The van der Waals surface area contributed by atoms with Crippen LogP contribution >= 0.6 is 0 Å². The monoisotopic (exact) mass is 223 g/mol. The molecule has 3 aliphatic carbocycles. The molecule has 0 aromatic rings. The average Bonchev–Trinajstić information content (AvgIpc) is 2.90. The van der Waals surface area contributed by atoms with Gasteiger partial charge in [0.15, 0.2) is 0 Å². The van der Waals surface area contributed by atoms with E-state index in [0.29, 0.717) is 5.92 Å². The molecule has 5 unspecified atom stereocenters. The number of aliphatic hydroxyl groups excluding tert-OH is 1. The highest BCUT2D eigenvalue weighted by Crippen LogP contribution is 2.44. The second-order valence-electron chi connectivity index (χ2n) is 6.30. The number of fused-ring (bicyclic) bond motifs is 2. The fourth-order valence-corrected chi connectivity index (χ4v) is 4.22. The molecule has 3 saturated carbocycles. The smallest absolute Gasteiger partial charge is 0.0580 e. The van der Waals surface area contributed by atoms with Crippen molar-refractivity contribution < 1.29 is 5.11 Å². The zero-order valence-corrected chi connectivity index (χ0v) is 10.2. The lowest BCUT2D eigenvalue weighted by molar-refractivity contribution is 0.0668. The van der Waals surface area contributed by atoms with E-state index in [1.54, 1.807) is 0 Å². The highest BCUT2D eigenvalue weighted by atomic mass is 16.3. The molecule has 2 nitrogen and oxygen atoms in total. The van der Waals surface area contributed by atoms with E-state index in [-0.39, 0.29) is 6.10 Å². The van der Waals surface area contributed by atoms with Crippen LogP contribution in [-0.4, -0.2) is 23.8 Å². The molecule has 92 valence electrons. The van der Waals surface area contributed by atoms with Crippen molar-refractivity contribution in [3.63, 3.8) is 0 Å². The van der Waals surface area contributed by atoms with E-state index in [9.17, 15) is 5.11 Å². The molecule has 5 atom stereocenters. The number of aliphatic hydroxyl groups is 1. The Kier molecular flexibility index (Phi) is 3.21. The summed E-state index contributed by atoms with van der Waals surface area (Å²) in [6, 6.07) is 0.785. The minimum Gasteiger partial charge on any atom is -0.393 e. The normalized spacial score (nSPS) is 47.4. The molecular formula is C14H25NO. The van der Waals surface area contributed by atoms with Crippen LogP contribution in [-0.2, 0) is 0 Å². The van der Waals surface area contributed by atoms with Gasteiger partial charge in [-0.15, -0.1) is 0 Å². The highest BCUT2D eigenvalue weighted by molar-refractivity contribution is 4.94. The molecule has 3 fully saturated rings. The Hall–Kier alpha value is -0.0800. The molecule has 3 aliphatic rings. The van der Waals surface area contributed by atoms with Crippen LogP contribution in [0.4, 0.5) is 0 Å². The minimum absolute atomic E-state index is 0.0279. The summed E-state index contributed by atoms with van der Waals surface area (Å²) in [6.45, 7) is 1.06. The van der Waals surface area contributed by atoms with Crippen molar-refractivity contribution in [1.82, 2.24) is 5.32 Å². The van der Waals surface area contributed by atoms with Gasteiger partial charge >= 0.3 is 0 Å². The van der Waals surface area contributed by atoms with Gasteiger partial charge in [0.1, 0.15) is 0 Å². The van der Waals surface area contributed by atoms with Gasteiger partial charge in [-0.2, -0.15) is 0 Å². The Morgan fingerprint density at radius 3 is 2.56 bits per heavy atom. The summed E-state index contributed by atoms with van der Waals surface area (Å²) >= 11 is 0. The predicted octanol–water partition coefficient (Wildman–Crippen LogP) is 2.32. The van der Waals surface area contributed by atoms with Crippen LogP contribution in [0.25, 0.3) is 0 Å². The van der Waals surface area contributed by atoms with E-state index in [4.69, 9.17) is 0 Å². The maximum atomic E-state index is 9.93. The molecule has 3 rings (SSSR count). The lowest BCUT2D eigenvalue weighted by Gasteiger charge is -2.31. The Bertz CT molecular complexity index is 241. The van der Waals surface area contributed by atoms with E-state index in [1.807, 2.05) is 0 Å². The SMILES string of the molecule is OC1CCCCC1CNC1CC2CCC1C2. The summed E-state index contributed by atoms with van der Waals surface area (Å²) in [4.78, 5) is 0. The lowest BCUT2D eigenvalue weighted by Crippen LogP contribution is -2.41. The summed E-state index contributed by atoms with van der Waals surface area (Å²) in [5.74, 6) is 2.53. The molecule has 0 amide bonds. The fraction of sp³-hybridized carbons (Fsp3) is 1.00. The standard InChI is InChI=1S/C14H25NO/c16-14-4-2-1-3-12(14)9-15-13-8-10-5-6-11(13)7-10/h10-16H,1-9H2. The Morgan fingerprint density at radius 2 is 1.88 bits per heavy atom. The first kappa shape index (κ1) is 11.0. The summed E-state index contributed by atoms with van der Waals surface area (Å²) in [6.07, 6.45) is 10.6. The summed E-state index contributed by atoms with van der Waals surface area (Å²) in [5, 5.41) is 13.7. The molecule has 2 bridgehead atoms. The molecule has 0 spiro atoms. The largest absolute Gasteiger partial charge is 0.393 e. The van der Waals surface area contributed by atoms with Crippen molar-refractivity contribution >= 4 is 0 Å². The molecule has 0 aliphatic heterocycles. The summed E-state index contributed by atoms with van der Waals surface area (Å²) < 4.78 is 0. The van der Waals surface area contributed by atoms with Crippen LogP contribution in [0, 0.1) is 17.8 Å². The quantitative estimate of drug-likeness (QED) is 0.769. The van der Waals surface area contributed by atoms with Crippen LogP contribution in [0.5, 0.6) is 0 Å². The number of nitrogens with one attached hydrogen (secondary N) is 1. The highest BCUT2D eigenvalue weighted by Gasteiger charge is 2.39. The first-order valence-corrected chi connectivity index (χ1v) is 7.24. The van der Waals surface area contributed by atoms with E-state index in [0.717, 1.165) is 30.8 Å². The number of rotatable bonds is 3. The molecule has 0 aromatic heterocycles. The van der Waals surface area contributed by atoms with E-state index >= 15 is 0 Å². The van der Waals surface area contributed by atoms with Crippen molar-refractivity contribution in [2.45, 2.75) is 63.5 Å². The van der Waals surface area contributed by atoms with Crippen LogP contribution in [0.2, 0.25) is 0 Å². The van der Waals surface area contributed by atoms with E-state index in [1.165, 1.54) is 44.9 Å². The van der Waals surface area contributed by atoms with Crippen LogP contribution < -0.4 is 5.32 Å². The predicted molar refractivity (Wildman–Crippen MR) is 65.2 cm³/mol.